The number of carboxylic acids is 1. The molecule has 5 heteroatoms. The number of carbonyl (C=O) groups excluding carboxylic acids is 1. The number of hydrogen-bond acceptors (Lipinski definition) is 3. The largest absolute Gasteiger partial charge is 0.478 e. The van der Waals surface area contributed by atoms with E-state index in [4.69, 9.17) is 16.7 Å². The van der Waals surface area contributed by atoms with Crippen molar-refractivity contribution in [2.24, 2.45) is 0 Å². The Labute approximate surface area is 108 Å². The van der Waals surface area contributed by atoms with Gasteiger partial charge >= 0.3 is 5.97 Å². The van der Waals surface area contributed by atoms with Gasteiger partial charge in [0.1, 0.15) is 0 Å². The van der Waals surface area contributed by atoms with E-state index in [1.165, 1.54) is 25.1 Å². The van der Waals surface area contributed by atoms with E-state index in [-0.39, 0.29) is 10.7 Å². The van der Waals surface area contributed by atoms with Crippen LogP contribution in [0.4, 0.5) is 0 Å². The highest BCUT2D eigenvalue weighted by Gasteiger charge is 2.08. The second-order valence-corrected chi connectivity index (χ2v) is 4.67. The van der Waals surface area contributed by atoms with E-state index in [1.54, 1.807) is 0 Å². The zero-order chi connectivity index (χ0) is 12.8. The average molecular weight is 269 g/mol. The molecule has 17 heavy (non-hydrogen) atoms. The summed E-state index contributed by atoms with van der Waals surface area (Å²) in [5.41, 5.74) is 0.462. The third kappa shape index (κ3) is 4.51. The molecular weight excluding hydrogens is 260 g/mol. The number of aromatic carboxylic acids is 1. The van der Waals surface area contributed by atoms with E-state index in [9.17, 15) is 9.59 Å². The van der Waals surface area contributed by atoms with Crippen molar-refractivity contribution < 1.29 is 14.7 Å². The summed E-state index contributed by atoms with van der Waals surface area (Å²) in [6.45, 7) is 1.45. The Morgan fingerprint density at radius 2 is 2.18 bits per heavy atom. The van der Waals surface area contributed by atoms with Crippen LogP contribution in [-0.4, -0.2) is 21.9 Å². The standard InChI is InChI=1S/C12H9ClO3S/c1-8(14)17-6-2-3-9-7-10(13)4-5-11(9)12(15)16/h4-5,7H,6H2,1H3,(H,15,16). The van der Waals surface area contributed by atoms with E-state index < -0.39 is 5.97 Å². The van der Waals surface area contributed by atoms with Crippen LogP contribution in [0.3, 0.4) is 0 Å². The second-order valence-electron chi connectivity index (χ2n) is 3.08. The van der Waals surface area contributed by atoms with Crippen LogP contribution < -0.4 is 0 Å². The summed E-state index contributed by atoms with van der Waals surface area (Å²) in [6.07, 6.45) is 0. The number of benzene rings is 1. The molecule has 0 aliphatic rings. The first-order valence-electron chi connectivity index (χ1n) is 4.66. The molecule has 0 radical (unpaired) electrons. The topological polar surface area (TPSA) is 54.4 Å². The van der Waals surface area contributed by atoms with Crippen molar-refractivity contribution in [3.63, 3.8) is 0 Å². The minimum atomic E-state index is -1.05. The molecule has 1 rings (SSSR count). The highest BCUT2D eigenvalue weighted by atomic mass is 35.5. The lowest BCUT2D eigenvalue weighted by atomic mass is 10.1. The number of halogens is 1. The first-order valence-corrected chi connectivity index (χ1v) is 6.02. The minimum Gasteiger partial charge on any atom is -0.478 e. The first-order chi connectivity index (χ1) is 8.00. The second kappa shape index (κ2) is 6.33. The van der Waals surface area contributed by atoms with Gasteiger partial charge < -0.3 is 5.11 Å². The van der Waals surface area contributed by atoms with Crippen LogP contribution in [-0.2, 0) is 4.79 Å². The zero-order valence-corrected chi connectivity index (χ0v) is 10.6. The molecule has 0 fully saturated rings. The Hall–Kier alpha value is -1.44. The van der Waals surface area contributed by atoms with Crippen LogP contribution in [0.1, 0.15) is 22.8 Å². The van der Waals surface area contributed by atoms with Crippen molar-refractivity contribution in [2.45, 2.75) is 6.92 Å². The lowest BCUT2D eigenvalue weighted by molar-refractivity contribution is -0.109. The molecule has 1 N–H and O–H groups in total. The van der Waals surface area contributed by atoms with Gasteiger partial charge in [0.25, 0.3) is 0 Å². The quantitative estimate of drug-likeness (QED) is 0.838. The summed E-state index contributed by atoms with van der Waals surface area (Å²) in [5, 5.41) is 9.34. The summed E-state index contributed by atoms with van der Waals surface area (Å²) in [5.74, 6) is 4.71. The summed E-state index contributed by atoms with van der Waals surface area (Å²) >= 11 is 6.84. The van der Waals surface area contributed by atoms with Crippen molar-refractivity contribution in [3.8, 4) is 11.8 Å². The number of carboxylic acid groups (broad SMARTS) is 1. The maximum absolute atomic E-state index is 10.9. The Balaban J connectivity index is 2.92. The molecule has 0 aliphatic heterocycles. The highest BCUT2D eigenvalue weighted by Crippen LogP contribution is 2.15. The maximum Gasteiger partial charge on any atom is 0.336 e. The molecule has 0 unspecified atom stereocenters. The molecule has 0 amide bonds. The molecule has 0 aliphatic carbocycles. The average Bonchev–Trinajstić information content (AvgIpc) is 2.23. The van der Waals surface area contributed by atoms with Crippen LogP contribution >= 0.6 is 23.4 Å². The van der Waals surface area contributed by atoms with Gasteiger partial charge in [-0.3, -0.25) is 4.79 Å². The molecule has 0 bridgehead atoms. The third-order valence-corrected chi connectivity index (χ3v) is 2.71. The van der Waals surface area contributed by atoms with Gasteiger partial charge in [-0.05, 0) is 18.2 Å². The summed E-state index contributed by atoms with van der Waals surface area (Å²) in [4.78, 5) is 21.6. The fraction of sp³-hybridized carbons (Fsp3) is 0.167. The van der Waals surface area contributed by atoms with Gasteiger partial charge in [0, 0.05) is 17.5 Å². The van der Waals surface area contributed by atoms with E-state index in [0.717, 1.165) is 11.8 Å². The molecular formula is C12H9ClO3S. The van der Waals surface area contributed by atoms with Crippen LogP contribution in [0, 0.1) is 11.8 Å². The molecule has 0 heterocycles. The molecule has 3 nitrogen and oxygen atoms in total. The fourth-order valence-corrected chi connectivity index (χ4v) is 1.60. The zero-order valence-electron chi connectivity index (χ0n) is 8.99. The van der Waals surface area contributed by atoms with E-state index in [1.807, 2.05) is 0 Å². The molecule has 1 aromatic rings. The molecule has 0 aromatic heterocycles. The number of carbonyl (C=O) groups is 2. The Bertz CT molecular complexity index is 514. The molecule has 0 atom stereocenters. The summed E-state index contributed by atoms with van der Waals surface area (Å²) in [7, 11) is 0. The molecule has 0 spiro atoms. The van der Waals surface area contributed by atoms with Gasteiger partial charge in [-0.2, -0.15) is 0 Å². The van der Waals surface area contributed by atoms with Crippen molar-refractivity contribution in [1.82, 2.24) is 0 Å². The predicted molar refractivity (Wildman–Crippen MR) is 68.4 cm³/mol. The lowest BCUT2D eigenvalue weighted by Gasteiger charge is -1.99. The van der Waals surface area contributed by atoms with Crippen LogP contribution in [0.5, 0.6) is 0 Å². The Morgan fingerprint density at radius 1 is 1.47 bits per heavy atom. The number of hydrogen-bond donors (Lipinski definition) is 1. The van der Waals surface area contributed by atoms with Crippen LogP contribution in [0.25, 0.3) is 0 Å². The summed E-state index contributed by atoms with van der Waals surface area (Å²) < 4.78 is 0. The van der Waals surface area contributed by atoms with Gasteiger partial charge in [-0.15, -0.1) is 0 Å². The van der Waals surface area contributed by atoms with E-state index in [2.05, 4.69) is 11.8 Å². The number of rotatable bonds is 2. The van der Waals surface area contributed by atoms with E-state index in [0.29, 0.717) is 16.3 Å². The Kier molecular flexibility index (Phi) is 5.08. The van der Waals surface area contributed by atoms with Crippen LogP contribution in [0.2, 0.25) is 5.02 Å². The van der Waals surface area contributed by atoms with Crippen molar-refractivity contribution >= 4 is 34.4 Å². The van der Waals surface area contributed by atoms with Crippen LogP contribution in [0.15, 0.2) is 18.2 Å². The lowest BCUT2D eigenvalue weighted by Crippen LogP contribution is -1.99. The van der Waals surface area contributed by atoms with Crippen molar-refractivity contribution in [2.75, 3.05) is 5.75 Å². The number of thioether (sulfide) groups is 1. The molecule has 1 aromatic carbocycles. The van der Waals surface area contributed by atoms with Crippen molar-refractivity contribution in [1.29, 1.82) is 0 Å². The third-order valence-electron chi connectivity index (χ3n) is 1.78. The summed E-state index contributed by atoms with van der Waals surface area (Å²) in [6, 6.07) is 4.41. The highest BCUT2D eigenvalue weighted by molar-refractivity contribution is 8.13. The monoisotopic (exact) mass is 268 g/mol. The first kappa shape index (κ1) is 13.6. The van der Waals surface area contributed by atoms with Gasteiger partial charge in [-0.25, -0.2) is 4.79 Å². The van der Waals surface area contributed by atoms with Gasteiger partial charge in [-0.1, -0.05) is 35.2 Å². The molecule has 0 saturated heterocycles. The SMILES string of the molecule is CC(=O)SCC#Cc1cc(Cl)ccc1C(=O)O. The smallest absolute Gasteiger partial charge is 0.336 e. The fourth-order valence-electron chi connectivity index (χ4n) is 1.08. The van der Waals surface area contributed by atoms with Gasteiger partial charge in [0.2, 0.25) is 0 Å². The molecule has 0 saturated carbocycles. The molecule has 88 valence electrons. The van der Waals surface area contributed by atoms with Crippen molar-refractivity contribution in [3.05, 3.63) is 34.3 Å². The maximum atomic E-state index is 10.9. The minimum absolute atomic E-state index is 0.0242. The normalized spacial score (nSPS) is 9.29. The Morgan fingerprint density at radius 3 is 2.76 bits per heavy atom. The predicted octanol–water partition coefficient (Wildman–Crippen LogP) is 2.67. The van der Waals surface area contributed by atoms with Gasteiger partial charge in [0.15, 0.2) is 5.12 Å². The van der Waals surface area contributed by atoms with Gasteiger partial charge in [0.05, 0.1) is 11.3 Å². The van der Waals surface area contributed by atoms with E-state index >= 15 is 0 Å².